The first-order chi connectivity index (χ1) is 24.1. The molecule has 1 amide bonds. The summed E-state index contributed by atoms with van der Waals surface area (Å²) in [5, 5.41) is 12.6. The average molecular weight is 695 g/mol. The summed E-state index contributed by atoms with van der Waals surface area (Å²) < 4.78 is 14.5. The minimum absolute atomic E-state index is 0.0359. The SMILES string of the molecule is C#CC.C=C1C(=C)C(Nc2cc(CNC(=O)C(/C=C(\C)C(=C)NC(C(=C)N)c3ccc(C(=C)C)cc3)=N\C(C)=N\N)ccc2F)=C1N.CC.CC. The number of hydrogen-bond donors (Lipinski definition) is 6. The number of benzene rings is 2. The molecule has 1 aliphatic rings. The highest BCUT2D eigenvalue weighted by Crippen LogP contribution is 2.35. The number of nitrogens with one attached hydrogen (secondary N) is 3. The smallest absolute Gasteiger partial charge is 0.270 e. The second kappa shape index (κ2) is 22.5. The highest BCUT2D eigenvalue weighted by molar-refractivity contribution is 6.45. The van der Waals surface area contributed by atoms with Crippen LogP contribution in [0.2, 0.25) is 0 Å². The van der Waals surface area contributed by atoms with Crippen LogP contribution in [0.15, 0.2) is 131 Å². The van der Waals surface area contributed by atoms with E-state index >= 15 is 0 Å². The standard InChI is InChI=1S/C34H39FN8O.C3H4.2C2H6/c1-18(2)26-10-12-27(13-11-26)33(22(6)36)40-23(7)19(3)15-30(41-24(8)43-38)34(44)39-17-25-9-14-28(35)29(16-25)42-32-21(5)20(4)31(32)37;1-3-2;2*1-2/h9-16,33,40,42H,1,4-7,17,36-38H2,2-3,8H3,(H,39,44);1H,2H3;2*1-2H3/b19-15+,41-30-,43-24+;;;. The Hall–Kier alpha value is -6.08. The molecule has 51 heavy (non-hydrogen) atoms. The summed E-state index contributed by atoms with van der Waals surface area (Å²) in [4.78, 5) is 17.5. The fraction of sp³-hybridized carbons (Fsp3) is 0.244. The van der Waals surface area contributed by atoms with Crippen molar-refractivity contribution in [3.8, 4) is 12.3 Å². The molecule has 0 aromatic heterocycles. The van der Waals surface area contributed by atoms with Crippen molar-refractivity contribution >= 4 is 28.7 Å². The minimum atomic E-state index is -0.509. The molecule has 10 heteroatoms. The molecule has 0 radical (unpaired) electrons. The van der Waals surface area contributed by atoms with E-state index in [9.17, 15) is 9.18 Å². The third kappa shape index (κ3) is 13.4. The molecule has 0 saturated heterocycles. The largest absolute Gasteiger partial charge is 0.401 e. The van der Waals surface area contributed by atoms with E-state index in [1.807, 2.05) is 58.9 Å². The number of carbonyl (C=O) groups is 1. The van der Waals surface area contributed by atoms with Crippen molar-refractivity contribution in [2.75, 3.05) is 5.32 Å². The van der Waals surface area contributed by atoms with Crippen LogP contribution in [0.1, 0.15) is 78.1 Å². The highest BCUT2D eigenvalue weighted by Gasteiger charge is 2.25. The number of hydrogen-bond acceptors (Lipinski definition) is 7. The summed E-state index contributed by atoms with van der Waals surface area (Å²) >= 11 is 0. The molecule has 0 bridgehead atoms. The van der Waals surface area contributed by atoms with Crippen LogP contribution in [-0.4, -0.2) is 17.5 Å². The van der Waals surface area contributed by atoms with Crippen LogP contribution in [-0.2, 0) is 11.3 Å². The summed E-state index contributed by atoms with van der Waals surface area (Å²) in [6.07, 6.45) is 6.15. The molecule has 9 N–H and O–H groups in total. The maximum absolute atomic E-state index is 14.5. The number of allylic oxidation sites excluding steroid dienone is 4. The Balaban J connectivity index is 0.00000333. The molecule has 1 unspecified atom stereocenters. The van der Waals surface area contributed by atoms with Crippen molar-refractivity contribution in [1.82, 2.24) is 10.6 Å². The van der Waals surface area contributed by atoms with Gasteiger partial charge in [-0.15, -0.1) is 12.3 Å². The van der Waals surface area contributed by atoms with Crippen molar-refractivity contribution in [2.45, 2.75) is 68.0 Å². The summed E-state index contributed by atoms with van der Waals surface area (Å²) in [6, 6.07) is 11.8. The fourth-order valence-corrected chi connectivity index (χ4v) is 4.18. The number of hydrazone groups is 1. The number of amides is 1. The number of amidine groups is 1. The second-order valence-corrected chi connectivity index (χ2v) is 10.7. The van der Waals surface area contributed by atoms with Crippen molar-refractivity contribution in [3.63, 3.8) is 0 Å². The van der Waals surface area contributed by atoms with E-state index in [0.717, 1.165) is 16.7 Å². The van der Waals surface area contributed by atoms with Gasteiger partial charge >= 0.3 is 0 Å². The number of terminal acetylenes is 1. The van der Waals surface area contributed by atoms with E-state index in [0.29, 0.717) is 45.1 Å². The van der Waals surface area contributed by atoms with Crippen LogP contribution in [0.3, 0.4) is 0 Å². The van der Waals surface area contributed by atoms with Crippen molar-refractivity contribution in [2.24, 2.45) is 27.4 Å². The third-order valence-corrected chi connectivity index (χ3v) is 6.96. The van der Waals surface area contributed by atoms with Crippen LogP contribution >= 0.6 is 0 Å². The van der Waals surface area contributed by atoms with Gasteiger partial charge in [-0.05, 0) is 68.2 Å². The first-order valence-electron chi connectivity index (χ1n) is 16.4. The maximum atomic E-state index is 14.5. The van der Waals surface area contributed by atoms with E-state index in [1.165, 1.54) is 6.07 Å². The lowest BCUT2D eigenvalue weighted by Crippen LogP contribution is -2.31. The number of rotatable bonds is 12. The van der Waals surface area contributed by atoms with Gasteiger partial charge in [0.2, 0.25) is 0 Å². The quantitative estimate of drug-likeness (QED) is 0.0332. The van der Waals surface area contributed by atoms with E-state index in [4.69, 9.17) is 17.3 Å². The van der Waals surface area contributed by atoms with Gasteiger partial charge < -0.3 is 33.3 Å². The Labute approximate surface area is 304 Å². The predicted octanol–water partition coefficient (Wildman–Crippen LogP) is 7.87. The van der Waals surface area contributed by atoms with E-state index in [2.05, 4.69) is 71.3 Å². The first kappa shape index (κ1) is 44.9. The van der Waals surface area contributed by atoms with E-state index < -0.39 is 17.8 Å². The summed E-state index contributed by atoms with van der Waals surface area (Å²) in [5.74, 6) is 6.82. The zero-order valence-electron chi connectivity index (χ0n) is 31.4. The Morgan fingerprint density at radius 1 is 1.02 bits per heavy atom. The van der Waals surface area contributed by atoms with E-state index in [1.54, 1.807) is 39.0 Å². The van der Waals surface area contributed by atoms with Crippen LogP contribution in [0.25, 0.3) is 5.57 Å². The summed E-state index contributed by atoms with van der Waals surface area (Å²) in [5.41, 5.74) is 19.4. The van der Waals surface area contributed by atoms with Gasteiger partial charge in [-0.25, -0.2) is 9.38 Å². The van der Waals surface area contributed by atoms with Crippen molar-refractivity contribution in [3.05, 3.63) is 143 Å². The van der Waals surface area contributed by atoms with Gasteiger partial charge in [0.25, 0.3) is 5.91 Å². The van der Waals surface area contributed by atoms with Gasteiger partial charge in [0.05, 0.1) is 23.1 Å². The number of carbonyl (C=O) groups excluding carboxylic acids is 1. The van der Waals surface area contributed by atoms with Crippen LogP contribution < -0.4 is 33.3 Å². The van der Waals surface area contributed by atoms with Gasteiger partial charge in [-0.2, -0.15) is 5.10 Å². The molecular weight excluding hydrogens is 640 g/mol. The number of anilines is 1. The predicted molar refractivity (Wildman–Crippen MR) is 217 cm³/mol. The zero-order valence-corrected chi connectivity index (χ0v) is 31.4. The lowest BCUT2D eigenvalue weighted by atomic mass is 9.90. The fourth-order valence-electron chi connectivity index (χ4n) is 4.18. The number of aliphatic imine (C=N–C) groups is 1. The highest BCUT2D eigenvalue weighted by atomic mass is 19.1. The van der Waals surface area contributed by atoms with Gasteiger partial charge in [-0.3, -0.25) is 4.79 Å². The second-order valence-electron chi connectivity index (χ2n) is 10.7. The molecule has 0 fully saturated rings. The zero-order chi connectivity index (χ0) is 39.4. The Morgan fingerprint density at radius 3 is 2.08 bits per heavy atom. The Kier molecular flexibility index (Phi) is 19.8. The molecule has 272 valence electrons. The van der Waals surface area contributed by atoms with E-state index in [-0.39, 0.29) is 23.8 Å². The lowest BCUT2D eigenvalue weighted by molar-refractivity contribution is -0.114. The molecule has 2 aromatic rings. The Bertz CT molecular complexity index is 1770. The molecule has 0 spiro atoms. The topological polar surface area (TPSA) is 156 Å². The van der Waals surface area contributed by atoms with Gasteiger partial charge in [0.15, 0.2) is 0 Å². The number of halogens is 1. The molecule has 0 heterocycles. The van der Waals surface area contributed by atoms with Crippen molar-refractivity contribution < 1.29 is 9.18 Å². The van der Waals surface area contributed by atoms with Gasteiger partial charge in [0, 0.05) is 29.1 Å². The normalized spacial score (nSPS) is 12.9. The summed E-state index contributed by atoms with van der Waals surface area (Å²) in [7, 11) is 0. The lowest BCUT2D eigenvalue weighted by Gasteiger charge is -2.27. The van der Waals surface area contributed by atoms with Crippen LogP contribution in [0, 0.1) is 18.2 Å². The number of nitrogens with zero attached hydrogens (tertiary/aromatic N) is 2. The van der Waals surface area contributed by atoms with Gasteiger partial charge in [0.1, 0.15) is 17.4 Å². The molecule has 1 aliphatic carbocycles. The molecule has 0 aliphatic heterocycles. The monoisotopic (exact) mass is 694 g/mol. The Morgan fingerprint density at radius 2 is 1.59 bits per heavy atom. The average Bonchev–Trinajstić information content (AvgIpc) is 3.13. The molecule has 9 nitrogen and oxygen atoms in total. The number of nitrogens with two attached hydrogens (primary N) is 3. The molecule has 1 atom stereocenters. The van der Waals surface area contributed by atoms with Crippen LogP contribution in [0.5, 0.6) is 0 Å². The van der Waals surface area contributed by atoms with Crippen LogP contribution in [0.4, 0.5) is 10.1 Å². The molecular formula is C41H55FN8O. The molecule has 3 rings (SSSR count). The maximum Gasteiger partial charge on any atom is 0.270 e. The van der Waals surface area contributed by atoms with Crippen molar-refractivity contribution in [1.29, 1.82) is 0 Å². The molecule has 2 aromatic carbocycles. The first-order valence-corrected chi connectivity index (χ1v) is 16.4. The summed E-state index contributed by atoms with van der Waals surface area (Å²) in [6.45, 7) is 34.7. The third-order valence-electron chi connectivity index (χ3n) is 6.96. The van der Waals surface area contributed by atoms with Gasteiger partial charge in [-0.1, -0.05) is 96.5 Å². The minimum Gasteiger partial charge on any atom is -0.401 e. The molecule has 0 saturated carbocycles.